The first-order valence-corrected chi connectivity index (χ1v) is 16.3. The summed E-state index contributed by atoms with van der Waals surface area (Å²) in [5.41, 5.74) is 8.53. The molecule has 1 heteroatoms. The lowest BCUT2D eigenvalue weighted by atomic mass is 9.87. The number of hydrogen-bond donors (Lipinski definition) is 0. The maximum atomic E-state index is 2.41. The van der Waals surface area contributed by atoms with Gasteiger partial charge in [-0.2, -0.15) is 0 Å². The molecule has 0 unspecified atom stereocenters. The molecule has 1 nitrogen and oxygen atoms in total. The van der Waals surface area contributed by atoms with Gasteiger partial charge in [-0.1, -0.05) is 133 Å². The van der Waals surface area contributed by atoms with E-state index in [9.17, 15) is 0 Å². The summed E-state index contributed by atoms with van der Waals surface area (Å²) in [6, 6.07) is 64.5. The number of para-hydroxylation sites is 1. The van der Waals surface area contributed by atoms with Gasteiger partial charge in [0.1, 0.15) is 0 Å². The van der Waals surface area contributed by atoms with Gasteiger partial charge in [0, 0.05) is 16.5 Å². The average Bonchev–Trinajstić information content (AvgIpc) is 3.47. The van der Waals surface area contributed by atoms with Crippen LogP contribution in [-0.2, 0) is 0 Å². The lowest BCUT2D eigenvalue weighted by molar-refractivity contribution is 1.18. The first-order chi connectivity index (χ1) is 23.3. The van der Waals surface area contributed by atoms with Gasteiger partial charge in [0.05, 0.1) is 11.0 Å². The van der Waals surface area contributed by atoms with Crippen LogP contribution in [0.1, 0.15) is 0 Å². The molecule has 0 saturated carbocycles. The lowest BCUT2D eigenvalue weighted by Crippen LogP contribution is -1.94. The van der Waals surface area contributed by atoms with E-state index in [4.69, 9.17) is 0 Å². The third-order valence-electron chi connectivity index (χ3n) is 9.93. The fourth-order valence-electron chi connectivity index (χ4n) is 7.78. The first kappa shape index (κ1) is 26.1. The zero-order valence-electron chi connectivity index (χ0n) is 25.7. The van der Waals surface area contributed by atoms with Gasteiger partial charge >= 0.3 is 0 Å². The minimum absolute atomic E-state index is 1.16. The molecule has 0 atom stereocenters. The smallest absolute Gasteiger partial charge is 0.0547 e. The molecule has 0 aliphatic rings. The molecule has 0 radical (unpaired) electrons. The fraction of sp³-hybridized carbons (Fsp3) is 0. The maximum absolute atomic E-state index is 2.41. The Morgan fingerprint density at radius 1 is 0.298 bits per heavy atom. The third-order valence-corrected chi connectivity index (χ3v) is 9.93. The second-order valence-electron chi connectivity index (χ2n) is 12.5. The number of fused-ring (bicyclic) bond motifs is 10. The molecule has 1 heterocycles. The number of benzene rings is 9. The van der Waals surface area contributed by atoms with Crippen molar-refractivity contribution < 1.29 is 0 Å². The van der Waals surface area contributed by atoms with E-state index in [2.05, 4.69) is 180 Å². The molecule has 0 amide bonds. The number of rotatable bonds is 3. The van der Waals surface area contributed by atoms with Crippen molar-refractivity contribution in [2.75, 3.05) is 0 Å². The minimum Gasteiger partial charge on any atom is -0.309 e. The Labute approximate surface area is 272 Å². The zero-order valence-corrected chi connectivity index (χ0v) is 25.7. The molecule has 1 aromatic heterocycles. The number of aromatic nitrogens is 1. The Hall–Kier alpha value is -6.18. The second-order valence-corrected chi connectivity index (χ2v) is 12.5. The minimum atomic E-state index is 1.16. The summed E-state index contributed by atoms with van der Waals surface area (Å²) in [5, 5.41) is 12.8. The summed E-state index contributed by atoms with van der Waals surface area (Å²) in [6.07, 6.45) is 0. The van der Waals surface area contributed by atoms with Crippen molar-refractivity contribution in [1.29, 1.82) is 0 Å². The Morgan fingerprint density at radius 2 is 0.872 bits per heavy atom. The summed E-state index contributed by atoms with van der Waals surface area (Å²) >= 11 is 0. The Kier molecular flexibility index (Phi) is 5.64. The predicted molar refractivity (Wildman–Crippen MR) is 202 cm³/mol. The van der Waals surface area contributed by atoms with Crippen LogP contribution in [0.4, 0.5) is 0 Å². The van der Waals surface area contributed by atoms with Crippen molar-refractivity contribution in [1.82, 2.24) is 4.57 Å². The average molecular weight is 596 g/mol. The fourth-order valence-corrected chi connectivity index (χ4v) is 7.78. The van der Waals surface area contributed by atoms with Crippen molar-refractivity contribution in [3.63, 3.8) is 0 Å². The molecule has 0 spiro atoms. The maximum Gasteiger partial charge on any atom is 0.0547 e. The van der Waals surface area contributed by atoms with E-state index >= 15 is 0 Å². The monoisotopic (exact) mass is 595 g/mol. The quantitative estimate of drug-likeness (QED) is 0.179. The molecule has 10 rings (SSSR count). The third kappa shape index (κ3) is 3.97. The highest BCUT2D eigenvalue weighted by atomic mass is 15.0. The summed E-state index contributed by atoms with van der Waals surface area (Å²) < 4.78 is 2.41. The molecule has 0 fully saturated rings. The summed E-state index contributed by atoms with van der Waals surface area (Å²) in [4.78, 5) is 0. The van der Waals surface area contributed by atoms with Crippen LogP contribution in [0, 0.1) is 0 Å². The number of hydrogen-bond acceptors (Lipinski definition) is 0. The highest BCUT2D eigenvalue weighted by molar-refractivity contribution is 6.29. The van der Waals surface area contributed by atoms with E-state index in [0.717, 1.165) is 5.69 Å². The largest absolute Gasteiger partial charge is 0.309 e. The number of nitrogens with zero attached hydrogens (tertiary/aromatic N) is 1. The molecule has 0 saturated heterocycles. The van der Waals surface area contributed by atoms with E-state index in [1.165, 1.54) is 87.1 Å². The van der Waals surface area contributed by atoms with Crippen molar-refractivity contribution in [3.8, 4) is 27.9 Å². The van der Waals surface area contributed by atoms with Gasteiger partial charge in [-0.05, 0) is 108 Å². The van der Waals surface area contributed by atoms with Gasteiger partial charge in [0.2, 0.25) is 0 Å². The topological polar surface area (TPSA) is 4.93 Å². The van der Waals surface area contributed by atoms with E-state index in [-0.39, 0.29) is 0 Å². The van der Waals surface area contributed by atoms with Gasteiger partial charge in [0.25, 0.3) is 0 Å². The van der Waals surface area contributed by atoms with Gasteiger partial charge in [0.15, 0.2) is 0 Å². The van der Waals surface area contributed by atoms with Gasteiger partial charge in [-0.3, -0.25) is 0 Å². The van der Waals surface area contributed by atoms with E-state index in [1.807, 2.05) is 0 Å². The molecule has 0 aliphatic carbocycles. The van der Waals surface area contributed by atoms with Crippen LogP contribution >= 0.6 is 0 Å². The lowest BCUT2D eigenvalue weighted by Gasteiger charge is -2.17. The zero-order chi connectivity index (χ0) is 30.9. The van der Waals surface area contributed by atoms with Gasteiger partial charge in [-0.15, -0.1) is 0 Å². The van der Waals surface area contributed by atoms with Crippen LogP contribution in [0.3, 0.4) is 0 Å². The van der Waals surface area contributed by atoms with Crippen LogP contribution in [-0.4, -0.2) is 4.57 Å². The predicted octanol–water partition coefficient (Wildman–Crippen LogP) is 12.7. The van der Waals surface area contributed by atoms with Crippen molar-refractivity contribution >= 4 is 64.9 Å². The SMILES string of the molecule is c1ccc(-c2cc(-c3ccc(-n4c5ccccc5c5cc6ccccc6cc54)cc3)cc3c4ccccc4c4ccccc4c23)cc1. The van der Waals surface area contributed by atoms with Gasteiger partial charge < -0.3 is 4.57 Å². The molecular weight excluding hydrogens is 567 g/mol. The molecule has 10 aromatic rings. The normalized spacial score (nSPS) is 11.8. The molecule has 0 bridgehead atoms. The molecule has 0 N–H and O–H groups in total. The molecule has 0 aliphatic heterocycles. The van der Waals surface area contributed by atoms with Crippen molar-refractivity contribution in [2.45, 2.75) is 0 Å². The molecule has 9 aromatic carbocycles. The van der Waals surface area contributed by atoms with E-state index in [0.29, 0.717) is 0 Å². The molecule has 47 heavy (non-hydrogen) atoms. The van der Waals surface area contributed by atoms with Crippen LogP contribution in [0.2, 0.25) is 0 Å². The Morgan fingerprint density at radius 3 is 1.62 bits per heavy atom. The summed E-state index contributed by atoms with van der Waals surface area (Å²) in [6.45, 7) is 0. The molecular formula is C46H29N. The van der Waals surface area contributed by atoms with Crippen LogP contribution < -0.4 is 0 Å². The van der Waals surface area contributed by atoms with Crippen LogP contribution in [0.5, 0.6) is 0 Å². The highest BCUT2D eigenvalue weighted by Crippen LogP contribution is 2.43. The first-order valence-electron chi connectivity index (χ1n) is 16.3. The van der Waals surface area contributed by atoms with Crippen LogP contribution in [0.25, 0.3) is 92.8 Å². The Balaban J connectivity index is 1.21. The summed E-state index contributed by atoms with van der Waals surface area (Å²) in [5.74, 6) is 0. The second kappa shape index (κ2) is 10.2. The van der Waals surface area contributed by atoms with Crippen molar-refractivity contribution in [3.05, 3.63) is 176 Å². The van der Waals surface area contributed by atoms with E-state index < -0.39 is 0 Å². The van der Waals surface area contributed by atoms with Crippen LogP contribution in [0.15, 0.2) is 176 Å². The molecule has 218 valence electrons. The van der Waals surface area contributed by atoms with Gasteiger partial charge in [-0.25, -0.2) is 0 Å². The highest BCUT2D eigenvalue weighted by Gasteiger charge is 2.16. The van der Waals surface area contributed by atoms with E-state index in [1.54, 1.807) is 0 Å². The Bertz CT molecular complexity index is 2820. The standard InChI is InChI=1S/C46H29N/c1-2-12-31(13-3-1)41-27-34(28-43-38-18-7-6-16-36(38)37-17-8-9-20-40(37)46(41)43)30-22-24-35(25-23-30)47-44-21-11-10-19-39(44)42-26-32-14-4-5-15-33(32)29-45(42)47/h1-29H. The summed E-state index contributed by atoms with van der Waals surface area (Å²) in [7, 11) is 0. The van der Waals surface area contributed by atoms with Crippen molar-refractivity contribution in [2.24, 2.45) is 0 Å².